The number of oxazole rings is 1. The number of nitrogens with zero attached hydrogens (tertiary/aromatic N) is 4. The maximum Gasteiger partial charge on any atom is 0.295 e. The standard InChI is InChI=1S/C26H27N5O2/c1-17-10-11-19(24-27-12-6-13-28-24)20(15-17)25(32)31-14-5-7-18(2)22(31)16-29-26-30-21-8-3-4-9-23(21)33-26/h3-4,6,8-13,15,18,22H,5,7,14,16H2,1-2H3,(H,29,30)/t18-,22?/m1/s1. The van der Waals surface area contributed by atoms with Crippen molar-refractivity contribution in [2.24, 2.45) is 5.92 Å². The number of carbonyl (C=O) groups excluding carboxylic acids is 1. The number of nitrogens with one attached hydrogen (secondary N) is 1. The SMILES string of the molecule is Cc1ccc(-c2ncccn2)c(C(=O)N2CCC[C@@H](C)C2CNc2nc3ccccc3o2)c1. The van der Waals surface area contributed by atoms with Crippen LogP contribution >= 0.6 is 0 Å². The van der Waals surface area contributed by atoms with Crippen LogP contribution in [0.25, 0.3) is 22.5 Å². The van der Waals surface area contributed by atoms with Gasteiger partial charge in [0.1, 0.15) is 5.52 Å². The molecule has 7 nitrogen and oxygen atoms in total. The molecular weight excluding hydrogens is 414 g/mol. The molecule has 2 aromatic heterocycles. The minimum atomic E-state index is 0.0112. The van der Waals surface area contributed by atoms with Gasteiger partial charge in [-0.3, -0.25) is 4.79 Å². The molecule has 2 atom stereocenters. The summed E-state index contributed by atoms with van der Waals surface area (Å²) in [7, 11) is 0. The van der Waals surface area contributed by atoms with Crippen LogP contribution in [0, 0.1) is 12.8 Å². The van der Waals surface area contributed by atoms with Crippen LogP contribution < -0.4 is 5.32 Å². The molecule has 0 bridgehead atoms. The van der Waals surface area contributed by atoms with Crippen LogP contribution in [0.15, 0.2) is 65.3 Å². The summed E-state index contributed by atoms with van der Waals surface area (Å²) in [6.07, 6.45) is 5.46. The molecule has 168 valence electrons. The number of piperidine rings is 1. The zero-order valence-electron chi connectivity index (χ0n) is 18.9. The minimum absolute atomic E-state index is 0.0112. The molecule has 1 unspecified atom stereocenters. The van der Waals surface area contributed by atoms with Crippen LogP contribution in [0.3, 0.4) is 0 Å². The van der Waals surface area contributed by atoms with Crippen LogP contribution in [-0.4, -0.2) is 44.9 Å². The smallest absolute Gasteiger partial charge is 0.295 e. The van der Waals surface area contributed by atoms with E-state index in [1.54, 1.807) is 18.5 Å². The van der Waals surface area contributed by atoms with Gasteiger partial charge in [-0.05, 0) is 49.9 Å². The Bertz CT molecular complexity index is 1240. The second kappa shape index (κ2) is 9.02. The van der Waals surface area contributed by atoms with Gasteiger partial charge in [0.15, 0.2) is 11.4 Å². The fourth-order valence-electron chi connectivity index (χ4n) is 4.58. The maximum absolute atomic E-state index is 13.9. The Kier molecular flexibility index (Phi) is 5.77. The third kappa shape index (κ3) is 4.31. The summed E-state index contributed by atoms with van der Waals surface area (Å²) in [5.74, 6) is 0.921. The van der Waals surface area contributed by atoms with E-state index in [4.69, 9.17) is 4.42 Å². The average molecular weight is 442 g/mol. The molecule has 7 heteroatoms. The maximum atomic E-state index is 13.9. The molecule has 1 saturated heterocycles. The van der Waals surface area contributed by atoms with E-state index < -0.39 is 0 Å². The number of carbonyl (C=O) groups is 1. The van der Waals surface area contributed by atoms with E-state index >= 15 is 0 Å². The van der Waals surface area contributed by atoms with Crippen molar-refractivity contribution in [2.45, 2.75) is 32.7 Å². The van der Waals surface area contributed by atoms with Crippen LogP contribution in [0.5, 0.6) is 0 Å². The Balaban J connectivity index is 1.42. The minimum Gasteiger partial charge on any atom is -0.424 e. The highest BCUT2D eigenvalue weighted by Gasteiger charge is 2.33. The van der Waals surface area contributed by atoms with Crippen molar-refractivity contribution >= 4 is 23.0 Å². The first kappa shape index (κ1) is 21.1. The van der Waals surface area contributed by atoms with Gasteiger partial charge in [-0.1, -0.05) is 36.8 Å². The number of hydrogen-bond acceptors (Lipinski definition) is 6. The molecule has 2 aromatic carbocycles. The van der Waals surface area contributed by atoms with Gasteiger partial charge >= 0.3 is 0 Å². The van der Waals surface area contributed by atoms with Crippen LogP contribution in [0.4, 0.5) is 6.01 Å². The second-order valence-electron chi connectivity index (χ2n) is 8.67. The Hall–Kier alpha value is -3.74. The largest absolute Gasteiger partial charge is 0.424 e. The second-order valence-corrected chi connectivity index (χ2v) is 8.67. The van der Waals surface area contributed by atoms with E-state index in [0.29, 0.717) is 36.4 Å². The molecule has 5 rings (SSSR count). The Labute approximate surface area is 192 Å². The van der Waals surface area contributed by atoms with Crippen molar-refractivity contribution in [1.29, 1.82) is 0 Å². The number of amides is 1. The predicted molar refractivity (Wildman–Crippen MR) is 128 cm³/mol. The van der Waals surface area contributed by atoms with Crippen molar-refractivity contribution < 1.29 is 9.21 Å². The van der Waals surface area contributed by atoms with Crippen molar-refractivity contribution in [3.8, 4) is 11.4 Å². The van der Waals surface area contributed by atoms with Gasteiger partial charge in [-0.15, -0.1) is 0 Å². The Morgan fingerprint density at radius 1 is 1.15 bits per heavy atom. The quantitative estimate of drug-likeness (QED) is 0.472. The highest BCUT2D eigenvalue weighted by Crippen LogP contribution is 2.29. The number of anilines is 1. The molecule has 1 fully saturated rings. The average Bonchev–Trinajstić information content (AvgIpc) is 3.26. The number of hydrogen-bond donors (Lipinski definition) is 1. The molecule has 1 amide bonds. The van der Waals surface area contributed by atoms with Gasteiger partial charge in [0.2, 0.25) is 0 Å². The van der Waals surface area contributed by atoms with Crippen LogP contribution in [0.1, 0.15) is 35.7 Å². The van der Waals surface area contributed by atoms with E-state index in [0.717, 1.165) is 35.1 Å². The highest BCUT2D eigenvalue weighted by molar-refractivity contribution is 6.00. The number of rotatable bonds is 5. The highest BCUT2D eigenvalue weighted by atomic mass is 16.4. The Morgan fingerprint density at radius 2 is 1.97 bits per heavy atom. The van der Waals surface area contributed by atoms with Crippen molar-refractivity contribution in [2.75, 3.05) is 18.4 Å². The molecule has 1 N–H and O–H groups in total. The van der Waals surface area contributed by atoms with E-state index in [2.05, 4.69) is 27.2 Å². The third-order valence-corrected chi connectivity index (χ3v) is 6.34. The lowest BCUT2D eigenvalue weighted by atomic mass is 9.89. The Morgan fingerprint density at radius 3 is 2.79 bits per heavy atom. The normalized spacial score (nSPS) is 18.4. The number of benzene rings is 2. The van der Waals surface area contributed by atoms with Crippen LogP contribution in [-0.2, 0) is 0 Å². The fraction of sp³-hybridized carbons (Fsp3) is 0.308. The lowest BCUT2D eigenvalue weighted by Crippen LogP contribution is -2.51. The summed E-state index contributed by atoms with van der Waals surface area (Å²) in [5.41, 5.74) is 4.00. The number of aryl methyl sites for hydroxylation is 1. The van der Waals surface area contributed by atoms with Crippen molar-refractivity contribution in [3.05, 3.63) is 72.1 Å². The molecule has 4 aromatic rings. The third-order valence-electron chi connectivity index (χ3n) is 6.34. The molecule has 0 saturated carbocycles. The fourth-order valence-corrected chi connectivity index (χ4v) is 4.58. The number of likely N-dealkylation sites (tertiary alicyclic amines) is 1. The van der Waals surface area contributed by atoms with E-state index in [1.165, 1.54) is 0 Å². The number of aromatic nitrogens is 3. The summed E-state index contributed by atoms with van der Waals surface area (Å²) in [6, 6.07) is 15.8. The molecule has 33 heavy (non-hydrogen) atoms. The topological polar surface area (TPSA) is 84.2 Å². The summed E-state index contributed by atoms with van der Waals surface area (Å²) in [5, 5.41) is 3.33. The molecule has 0 spiro atoms. The molecular formula is C26H27N5O2. The summed E-state index contributed by atoms with van der Waals surface area (Å²) >= 11 is 0. The lowest BCUT2D eigenvalue weighted by Gasteiger charge is -2.40. The van der Waals surface area contributed by atoms with Gasteiger partial charge in [-0.25, -0.2) is 9.97 Å². The first-order valence-corrected chi connectivity index (χ1v) is 11.4. The molecule has 1 aliphatic heterocycles. The molecule has 3 heterocycles. The van der Waals surface area contributed by atoms with E-state index in [-0.39, 0.29) is 11.9 Å². The molecule has 0 radical (unpaired) electrons. The van der Waals surface area contributed by atoms with E-state index in [1.807, 2.05) is 54.3 Å². The summed E-state index contributed by atoms with van der Waals surface area (Å²) in [6.45, 7) is 5.49. The van der Waals surface area contributed by atoms with Crippen LogP contribution in [0.2, 0.25) is 0 Å². The summed E-state index contributed by atoms with van der Waals surface area (Å²) in [4.78, 5) is 29.1. The zero-order chi connectivity index (χ0) is 22.8. The molecule has 0 aliphatic carbocycles. The summed E-state index contributed by atoms with van der Waals surface area (Å²) < 4.78 is 5.83. The lowest BCUT2D eigenvalue weighted by molar-refractivity contribution is 0.0540. The number of para-hydroxylation sites is 2. The predicted octanol–water partition coefficient (Wildman–Crippen LogP) is 4.95. The van der Waals surface area contributed by atoms with Gasteiger partial charge in [0.05, 0.1) is 11.6 Å². The zero-order valence-corrected chi connectivity index (χ0v) is 18.9. The first-order chi connectivity index (χ1) is 16.1. The van der Waals surface area contributed by atoms with Crippen molar-refractivity contribution in [1.82, 2.24) is 19.9 Å². The molecule has 1 aliphatic rings. The van der Waals surface area contributed by atoms with Crippen molar-refractivity contribution in [3.63, 3.8) is 0 Å². The monoisotopic (exact) mass is 441 g/mol. The van der Waals surface area contributed by atoms with Gasteiger partial charge < -0.3 is 14.6 Å². The van der Waals surface area contributed by atoms with Gasteiger partial charge in [0, 0.05) is 31.0 Å². The number of fused-ring (bicyclic) bond motifs is 1. The van der Waals surface area contributed by atoms with Gasteiger partial charge in [0.25, 0.3) is 11.9 Å². The first-order valence-electron chi connectivity index (χ1n) is 11.4. The van der Waals surface area contributed by atoms with E-state index in [9.17, 15) is 4.79 Å². The van der Waals surface area contributed by atoms with Gasteiger partial charge in [-0.2, -0.15) is 4.98 Å².